The zero-order valence-electron chi connectivity index (χ0n) is 11.9. The van der Waals surface area contributed by atoms with E-state index in [1.165, 1.54) is 0 Å². The number of carbonyl (C=O) groups is 1. The molecule has 5 heteroatoms. The summed E-state index contributed by atoms with van der Waals surface area (Å²) in [7, 11) is 0. The Bertz CT molecular complexity index is 292. The highest BCUT2D eigenvalue weighted by atomic mass is 16.5. The van der Waals surface area contributed by atoms with Crippen LogP contribution in [-0.2, 0) is 9.53 Å². The van der Waals surface area contributed by atoms with E-state index in [0.717, 1.165) is 45.6 Å². The van der Waals surface area contributed by atoms with Gasteiger partial charge in [0.2, 0.25) is 5.91 Å². The third kappa shape index (κ3) is 3.91. The maximum absolute atomic E-state index is 12.0. The number of carbonyl (C=O) groups excluding carboxylic acids is 1. The van der Waals surface area contributed by atoms with Crippen molar-refractivity contribution in [2.75, 3.05) is 39.4 Å². The van der Waals surface area contributed by atoms with Gasteiger partial charge in [-0.3, -0.25) is 9.69 Å². The van der Waals surface area contributed by atoms with Crippen molar-refractivity contribution in [3.8, 4) is 0 Å². The Morgan fingerprint density at radius 3 is 3.05 bits per heavy atom. The van der Waals surface area contributed by atoms with Gasteiger partial charge in [0.15, 0.2) is 0 Å². The Labute approximate surface area is 115 Å². The predicted molar refractivity (Wildman–Crippen MR) is 74.7 cm³/mol. The van der Waals surface area contributed by atoms with Gasteiger partial charge in [0.1, 0.15) is 0 Å². The van der Waals surface area contributed by atoms with Crippen molar-refractivity contribution in [3.63, 3.8) is 0 Å². The highest BCUT2D eigenvalue weighted by molar-refractivity contribution is 5.78. The molecule has 2 aliphatic heterocycles. The van der Waals surface area contributed by atoms with Crippen molar-refractivity contribution < 1.29 is 9.53 Å². The minimum Gasteiger partial charge on any atom is -0.381 e. The van der Waals surface area contributed by atoms with E-state index in [-0.39, 0.29) is 11.8 Å². The number of nitrogens with one attached hydrogen (secondary N) is 1. The summed E-state index contributed by atoms with van der Waals surface area (Å²) >= 11 is 0. The minimum atomic E-state index is 0.130. The van der Waals surface area contributed by atoms with Crippen LogP contribution in [0.2, 0.25) is 0 Å². The standard InChI is InChI=1S/C14H27N3O2/c1-11(13-4-8-19-10-13)17-7-2-3-12(9-17)14(18)16-6-5-15/h11-13H,2-10,15H2,1H3,(H,16,18). The lowest BCUT2D eigenvalue weighted by molar-refractivity contribution is -0.127. The molecule has 3 unspecified atom stereocenters. The molecular weight excluding hydrogens is 242 g/mol. The van der Waals surface area contributed by atoms with Crippen LogP contribution in [0.4, 0.5) is 0 Å². The highest BCUT2D eigenvalue weighted by Gasteiger charge is 2.32. The van der Waals surface area contributed by atoms with Gasteiger partial charge >= 0.3 is 0 Å². The second-order valence-corrected chi connectivity index (χ2v) is 5.78. The Hall–Kier alpha value is -0.650. The number of nitrogens with two attached hydrogens (primary N) is 1. The molecule has 19 heavy (non-hydrogen) atoms. The van der Waals surface area contributed by atoms with E-state index in [1.807, 2.05) is 0 Å². The molecule has 0 spiro atoms. The van der Waals surface area contributed by atoms with E-state index >= 15 is 0 Å². The van der Waals surface area contributed by atoms with Crippen LogP contribution in [-0.4, -0.2) is 56.2 Å². The van der Waals surface area contributed by atoms with E-state index in [1.54, 1.807) is 0 Å². The number of hydrogen-bond donors (Lipinski definition) is 2. The predicted octanol–water partition coefficient (Wildman–Crippen LogP) is 0.198. The molecule has 3 atom stereocenters. The normalized spacial score (nSPS) is 30.2. The van der Waals surface area contributed by atoms with Gasteiger partial charge in [-0.25, -0.2) is 0 Å². The first kappa shape index (κ1) is 14.8. The van der Waals surface area contributed by atoms with Gasteiger partial charge in [-0.1, -0.05) is 0 Å². The molecule has 2 rings (SSSR count). The smallest absolute Gasteiger partial charge is 0.224 e. The van der Waals surface area contributed by atoms with Gasteiger partial charge in [-0.05, 0) is 38.6 Å². The third-order valence-corrected chi connectivity index (χ3v) is 4.49. The fourth-order valence-electron chi connectivity index (χ4n) is 3.16. The topological polar surface area (TPSA) is 67.6 Å². The lowest BCUT2D eigenvalue weighted by atomic mass is 9.92. The zero-order chi connectivity index (χ0) is 13.7. The first-order chi connectivity index (χ1) is 9.22. The van der Waals surface area contributed by atoms with Gasteiger partial charge in [-0.2, -0.15) is 0 Å². The van der Waals surface area contributed by atoms with Gasteiger partial charge in [0.25, 0.3) is 0 Å². The maximum atomic E-state index is 12.0. The second kappa shape index (κ2) is 7.22. The minimum absolute atomic E-state index is 0.130. The Morgan fingerprint density at radius 2 is 2.37 bits per heavy atom. The summed E-state index contributed by atoms with van der Waals surface area (Å²) in [6, 6.07) is 0.521. The summed E-state index contributed by atoms with van der Waals surface area (Å²) in [6.45, 7) is 7.14. The number of ether oxygens (including phenoxy) is 1. The van der Waals surface area contributed by atoms with Gasteiger partial charge in [0, 0.05) is 32.3 Å². The van der Waals surface area contributed by atoms with Crippen molar-refractivity contribution in [1.82, 2.24) is 10.2 Å². The van der Waals surface area contributed by atoms with E-state index in [4.69, 9.17) is 10.5 Å². The third-order valence-electron chi connectivity index (χ3n) is 4.49. The van der Waals surface area contributed by atoms with Gasteiger partial charge in [0.05, 0.1) is 12.5 Å². The molecule has 2 fully saturated rings. The lowest BCUT2D eigenvalue weighted by Crippen LogP contribution is -2.49. The molecule has 0 radical (unpaired) electrons. The fraction of sp³-hybridized carbons (Fsp3) is 0.929. The summed E-state index contributed by atoms with van der Waals surface area (Å²) in [5.74, 6) is 0.931. The average molecular weight is 269 g/mol. The quantitative estimate of drug-likeness (QED) is 0.748. The van der Waals surface area contributed by atoms with Crippen molar-refractivity contribution in [2.45, 2.75) is 32.2 Å². The molecule has 0 aromatic heterocycles. The maximum Gasteiger partial charge on any atom is 0.224 e. The molecule has 2 aliphatic rings. The van der Waals surface area contributed by atoms with Crippen molar-refractivity contribution >= 4 is 5.91 Å². The Kier molecular flexibility index (Phi) is 5.60. The summed E-state index contributed by atoms with van der Waals surface area (Å²) in [5, 5.41) is 2.92. The van der Waals surface area contributed by atoms with Crippen LogP contribution in [0.25, 0.3) is 0 Å². The van der Waals surface area contributed by atoms with Gasteiger partial charge in [-0.15, -0.1) is 0 Å². The van der Waals surface area contributed by atoms with Crippen molar-refractivity contribution in [1.29, 1.82) is 0 Å². The van der Waals surface area contributed by atoms with E-state index in [0.29, 0.717) is 25.0 Å². The Morgan fingerprint density at radius 1 is 1.53 bits per heavy atom. The van der Waals surface area contributed by atoms with Crippen LogP contribution < -0.4 is 11.1 Å². The summed E-state index contributed by atoms with van der Waals surface area (Å²) in [5.41, 5.74) is 5.43. The fourth-order valence-corrected chi connectivity index (χ4v) is 3.16. The molecule has 2 heterocycles. The summed E-state index contributed by atoms with van der Waals surface area (Å²) < 4.78 is 5.48. The van der Waals surface area contributed by atoms with Gasteiger partial charge < -0.3 is 15.8 Å². The number of hydrogen-bond acceptors (Lipinski definition) is 4. The van der Waals surface area contributed by atoms with Crippen LogP contribution in [0.5, 0.6) is 0 Å². The van der Waals surface area contributed by atoms with Crippen LogP contribution in [0.3, 0.4) is 0 Å². The van der Waals surface area contributed by atoms with Crippen molar-refractivity contribution in [2.24, 2.45) is 17.6 Å². The van der Waals surface area contributed by atoms with E-state index in [9.17, 15) is 4.79 Å². The number of likely N-dealkylation sites (tertiary alicyclic amines) is 1. The summed E-state index contributed by atoms with van der Waals surface area (Å²) in [6.07, 6.45) is 3.27. The Balaban J connectivity index is 1.83. The first-order valence-corrected chi connectivity index (χ1v) is 7.52. The number of rotatable bonds is 5. The lowest BCUT2D eigenvalue weighted by Gasteiger charge is -2.38. The molecule has 3 N–H and O–H groups in total. The first-order valence-electron chi connectivity index (χ1n) is 7.52. The van der Waals surface area contributed by atoms with E-state index < -0.39 is 0 Å². The van der Waals surface area contributed by atoms with Crippen LogP contribution in [0.15, 0.2) is 0 Å². The van der Waals surface area contributed by atoms with Crippen LogP contribution in [0, 0.1) is 11.8 Å². The largest absolute Gasteiger partial charge is 0.381 e. The van der Waals surface area contributed by atoms with Crippen LogP contribution >= 0.6 is 0 Å². The zero-order valence-corrected chi connectivity index (χ0v) is 11.9. The molecule has 110 valence electrons. The molecule has 0 bridgehead atoms. The molecule has 0 aromatic rings. The number of piperidine rings is 1. The SMILES string of the molecule is CC(C1CCOC1)N1CCCC(C(=O)NCCN)C1. The molecule has 0 aliphatic carbocycles. The molecule has 5 nitrogen and oxygen atoms in total. The summed E-state index contributed by atoms with van der Waals surface area (Å²) in [4.78, 5) is 14.5. The number of amides is 1. The monoisotopic (exact) mass is 269 g/mol. The van der Waals surface area contributed by atoms with Crippen molar-refractivity contribution in [3.05, 3.63) is 0 Å². The highest BCUT2D eigenvalue weighted by Crippen LogP contribution is 2.25. The molecule has 0 aromatic carbocycles. The number of nitrogens with zero attached hydrogens (tertiary/aromatic N) is 1. The molecular formula is C14H27N3O2. The van der Waals surface area contributed by atoms with E-state index in [2.05, 4.69) is 17.1 Å². The average Bonchev–Trinajstić information content (AvgIpc) is 2.98. The second-order valence-electron chi connectivity index (χ2n) is 5.78. The van der Waals surface area contributed by atoms with Crippen LogP contribution in [0.1, 0.15) is 26.2 Å². The molecule has 0 saturated carbocycles. The molecule has 1 amide bonds. The molecule has 2 saturated heterocycles.